The van der Waals surface area contributed by atoms with Gasteiger partial charge in [0, 0.05) is 4.87 Å². The topological polar surface area (TPSA) is 3.24 Å². The van der Waals surface area contributed by atoms with Gasteiger partial charge in [-0.2, -0.15) is 12.6 Å². The molecule has 0 spiro atoms. The number of thiol groups is 1. The standard InChI is InChI=1S/C15H33Cl2NSSi3/c1-7-12(5)20-18(21-13(6)8-2)14(9-3)11-22(16,17)15(19)10-4/h7-8,14-15,19H,9-11,20-21H2,1-6H3. The third-order valence-corrected chi connectivity index (χ3v) is 16.8. The first-order valence-corrected chi connectivity index (χ1v) is 15.8. The van der Waals surface area contributed by atoms with Crippen molar-refractivity contribution in [1.82, 2.24) is 4.23 Å². The highest BCUT2D eigenvalue weighted by atomic mass is 35.7. The summed E-state index contributed by atoms with van der Waals surface area (Å²) < 4.78 is 2.80. The van der Waals surface area contributed by atoms with Crippen LogP contribution in [0.1, 0.15) is 54.4 Å². The molecule has 0 fully saturated rings. The van der Waals surface area contributed by atoms with Gasteiger partial charge in [0.1, 0.15) is 19.4 Å². The molecule has 1 nitrogen and oxygen atoms in total. The van der Waals surface area contributed by atoms with Crippen molar-refractivity contribution in [1.29, 1.82) is 0 Å². The Morgan fingerprint density at radius 1 is 1.09 bits per heavy atom. The zero-order valence-corrected chi connectivity index (χ0v) is 21.2. The second-order valence-corrected chi connectivity index (χ2v) is 19.9. The second-order valence-electron chi connectivity index (χ2n) is 6.13. The monoisotopic (exact) mass is 413 g/mol. The van der Waals surface area contributed by atoms with Crippen molar-refractivity contribution in [3.8, 4) is 0 Å². The molecule has 0 aliphatic rings. The molecular weight excluding hydrogens is 381 g/mol. The summed E-state index contributed by atoms with van der Waals surface area (Å²) in [7, 11) is -0.731. The van der Waals surface area contributed by atoms with E-state index in [2.05, 4.69) is 70.6 Å². The first-order chi connectivity index (χ1) is 10.2. The van der Waals surface area contributed by atoms with Crippen LogP contribution < -0.4 is 0 Å². The van der Waals surface area contributed by atoms with E-state index < -0.39 is 6.69 Å². The van der Waals surface area contributed by atoms with E-state index >= 15 is 0 Å². The molecule has 0 saturated heterocycles. The lowest BCUT2D eigenvalue weighted by atomic mass is 10.3. The van der Waals surface area contributed by atoms with Gasteiger partial charge in [0.2, 0.25) is 0 Å². The van der Waals surface area contributed by atoms with Crippen LogP contribution in [0.15, 0.2) is 22.5 Å². The number of hydrogen-bond donors (Lipinski definition) is 1. The first kappa shape index (κ1) is 23.0. The summed E-state index contributed by atoms with van der Waals surface area (Å²) in [5.74, 6) is 0. The lowest BCUT2D eigenvalue weighted by Gasteiger charge is -2.36. The smallest absolute Gasteiger partial charge is 0.265 e. The molecule has 0 radical (unpaired) electrons. The van der Waals surface area contributed by atoms with Crippen LogP contribution in [0.3, 0.4) is 0 Å². The van der Waals surface area contributed by atoms with Crippen molar-refractivity contribution in [3.05, 3.63) is 22.5 Å². The van der Waals surface area contributed by atoms with Crippen molar-refractivity contribution < 1.29 is 0 Å². The Hall–Kier alpha value is 1.02. The lowest BCUT2D eigenvalue weighted by Crippen LogP contribution is -2.47. The van der Waals surface area contributed by atoms with Gasteiger partial charge in [-0.05, 0) is 52.6 Å². The van der Waals surface area contributed by atoms with Crippen LogP contribution in [0.2, 0.25) is 6.04 Å². The largest absolute Gasteiger partial charge is 0.346 e. The molecule has 0 aromatic heterocycles. The van der Waals surface area contributed by atoms with E-state index in [1.807, 2.05) is 0 Å². The molecule has 0 aliphatic heterocycles. The molecule has 7 heteroatoms. The number of allylic oxidation sites excluding steroid dienone is 4. The van der Waals surface area contributed by atoms with Crippen LogP contribution >= 0.6 is 34.8 Å². The zero-order valence-electron chi connectivity index (χ0n) is 15.0. The molecule has 0 aliphatic carbocycles. The molecule has 0 bridgehead atoms. The van der Waals surface area contributed by atoms with E-state index in [-0.39, 0.29) is 24.2 Å². The molecule has 0 saturated carbocycles. The number of hydrogen-bond acceptors (Lipinski definition) is 2. The summed E-state index contributed by atoms with van der Waals surface area (Å²) >= 11 is 18.1. The van der Waals surface area contributed by atoms with Crippen LogP contribution in [-0.4, -0.2) is 41.2 Å². The van der Waals surface area contributed by atoms with Crippen LogP contribution in [0.4, 0.5) is 0 Å². The van der Waals surface area contributed by atoms with Crippen molar-refractivity contribution in [2.45, 2.75) is 71.3 Å². The van der Waals surface area contributed by atoms with Gasteiger partial charge in [-0.15, -0.1) is 22.2 Å². The summed E-state index contributed by atoms with van der Waals surface area (Å²) in [5.41, 5.74) is 0. The van der Waals surface area contributed by atoms with E-state index in [1.54, 1.807) is 10.4 Å². The minimum Gasteiger partial charge on any atom is -0.346 e. The molecule has 0 heterocycles. The summed E-state index contributed by atoms with van der Waals surface area (Å²) in [4.78, 5) is 0.167. The highest BCUT2D eigenvalue weighted by Gasteiger charge is 2.38. The molecule has 0 aromatic rings. The predicted octanol–water partition coefficient (Wildman–Crippen LogP) is 4.25. The van der Waals surface area contributed by atoms with Gasteiger partial charge >= 0.3 is 0 Å². The molecule has 0 N–H and O–H groups in total. The average Bonchev–Trinajstić information content (AvgIpc) is 2.50. The van der Waals surface area contributed by atoms with Gasteiger partial charge < -0.3 is 4.23 Å². The highest BCUT2D eigenvalue weighted by molar-refractivity contribution is 7.85. The van der Waals surface area contributed by atoms with Crippen LogP contribution in [0, 0.1) is 0 Å². The second kappa shape index (κ2) is 11.6. The quantitative estimate of drug-likeness (QED) is 0.318. The van der Waals surface area contributed by atoms with E-state index in [4.69, 9.17) is 22.2 Å². The Bertz CT molecular complexity index is 369. The molecule has 2 atom stereocenters. The minimum absolute atomic E-state index is 0.167. The van der Waals surface area contributed by atoms with E-state index in [0.717, 1.165) is 18.9 Å². The van der Waals surface area contributed by atoms with Gasteiger partial charge in [-0.25, -0.2) is 0 Å². The maximum absolute atomic E-state index is 6.75. The highest BCUT2D eigenvalue weighted by Crippen LogP contribution is 2.33. The summed E-state index contributed by atoms with van der Waals surface area (Å²) in [6, 6.07) is 1.48. The van der Waals surface area contributed by atoms with Crippen LogP contribution in [0.5, 0.6) is 0 Å². The van der Waals surface area contributed by atoms with E-state index in [1.165, 1.54) is 0 Å². The summed E-state index contributed by atoms with van der Waals surface area (Å²) in [6.45, 7) is 10.9. The molecule has 0 aromatic carbocycles. The zero-order chi connectivity index (χ0) is 17.3. The fourth-order valence-electron chi connectivity index (χ4n) is 2.42. The van der Waals surface area contributed by atoms with Gasteiger partial charge in [0.15, 0.2) is 0 Å². The van der Waals surface area contributed by atoms with Crippen molar-refractivity contribution in [3.63, 3.8) is 0 Å². The maximum atomic E-state index is 6.75. The maximum Gasteiger partial charge on any atom is 0.265 e. The minimum atomic E-state index is -2.30. The molecule has 130 valence electrons. The fourth-order valence-corrected chi connectivity index (χ4v) is 12.8. The third-order valence-electron chi connectivity index (χ3n) is 4.26. The number of halogens is 2. The fraction of sp³-hybridized carbons (Fsp3) is 0.733. The summed E-state index contributed by atoms with van der Waals surface area (Å²) in [6.07, 6.45) is 6.62. The Morgan fingerprint density at radius 3 is 1.86 bits per heavy atom. The Morgan fingerprint density at radius 2 is 1.55 bits per heavy atom. The first-order valence-electron chi connectivity index (χ1n) is 8.25. The van der Waals surface area contributed by atoms with Crippen molar-refractivity contribution in [2.75, 3.05) is 0 Å². The van der Waals surface area contributed by atoms with Gasteiger partial charge in [0.05, 0.1) is 0 Å². The van der Waals surface area contributed by atoms with Gasteiger partial charge in [-0.1, -0.05) is 36.4 Å². The van der Waals surface area contributed by atoms with Gasteiger partial charge in [-0.3, -0.25) is 0 Å². The Kier molecular flexibility index (Phi) is 12.1. The third kappa shape index (κ3) is 8.22. The Labute approximate surface area is 158 Å². The molecule has 0 amide bonds. The van der Waals surface area contributed by atoms with Crippen LogP contribution in [-0.2, 0) is 0 Å². The SMILES string of the molecule is CC=C(C)[SiH2]N([SiH2]C(C)=CC)C(CC)C[Si](Cl)(Cl)C(S)CC. The summed E-state index contributed by atoms with van der Waals surface area (Å²) in [5, 5.41) is 3.12. The molecule has 2 unspecified atom stereocenters. The van der Waals surface area contributed by atoms with Gasteiger partial charge in [0.25, 0.3) is 6.69 Å². The molecule has 22 heavy (non-hydrogen) atoms. The Balaban J connectivity index is 5.19. The van der Waals surface area contributed by atoms with E-state index in [0.29, 0.717) is 6.04 Å². The number of rotatable bonds is 10. The van der Waals surface area contributed by atoms with E-state index in [9.17, 15) is 0 Å². The average molecular weight is 415 g/mol. The van der Waals surface area contributed by atoms with Crippen LogP contribution in [0.25, 0.3) is 0 Å². The van der Waals surface area contributed by atoms with Crippen molar-refractivity contribution in [2.24, 2.45) is 0 Å². The lowest BCUT2D eigenvalue weighted by molar-refractivity contribution is 0.492. The molecular formula is C15H33Cl2NSSi3. The normalized spacial score (nSPS) is 18.1. The number of nitrogens with zero attached hydrogens (tertiary/aromatic N) is 1. The predicted molar refractivity (Wildman–Crippen MR) is 117 cm³/mol. The molecule has 0 rings (SSSR count). The van der Waals surface area contributed by atoms with Crippen molar-refractivity contribution >= 4 is 60.8 Å².